The summed E-state index contributed by atoms with van der Waals surface area (Å²) in [5.74, 6) is 1.19. The van der Waals surface area contributed by atoms with Crippen molar-refractivity contribution >= 4 is 11.8 Å². The van der Waals surface area contributed by atoms with E-state index in [4.69, 9.17) is 14.2 Å². The Balaban J connectivity index is 1.74. The van der Waals surface area contributed by atoms with Gasteiger partial charge in [0.15, 0.2) is 6.61 Å². The van der Waals surface area contributed by atoms with Crippen LogP contribution >= 0.6 is 0 Å². The SMILES string of the molecule is COc1cc(OC)cc(OCC(=O)N(Cc2cccc(C)c2)[C@@H](C)C(=O)NC2CCCC2)c1. The maximum atomic E-state index is 13.3. The summed E-state index contributed by atoms with van der Waals surface area (Å²) in [6.45, 7) is 3.89. The van der Waals surface area contributed by atoms with Crippen LogP contribution in [-0.4, -0.2) is 49.6 Å². The fraction of sp³-hybridized carbons (Fsp3) is 0.462. The molecule has 0 saturated heterocycles. The quantitative estimate of drug-likeness (QED) is 0.590. The molecular weight excluding hydrogens is 420 g/mol. The van der Waals surface area contributed by atoms with Gasteiger partial charge in [-0.15, -0.1) is 0 Å². The van der Waals surface area contributed by atoms with Gasteiger partial charge in [-0.3, -0.25) is 9.59 Å². The minimum absolute atomic E-state index is 0.133. The summed E-state index contributed by atoms with van der Waals surface area (Å²) < 4.78 is 16.3. The van der Waals surface area contributed by atoms with E-state index in [0.29, 0.717) is 23.8 Å². The van der Waals surface area contributed by atoms with E-state index < -0.39 is 6.04 Å². The van der Waals surface area contributed by atoms with Gasteiger partial charge in [-0.05, 0) is 32.3 Å². The molecule has 33 heavy (non-hydrogen) atoms. The summed E-state index contributed by atoms with van der Waals surface area (Å²) in [5.41, 5.74) is 2.06. The number of nitrogens with one attached hydrogen (secondary N) is 1. The Hall–Kier alpha value is -3.22. The van der Waals surface area contributed by atoms with E-state index in [1.165, 1.54) is 0 Å². The Kier molecular flexibility index (Phi) is 8.58. The molecule has 0 aromatic heterocycles. The normalized spacial score (nSPS) is 14.4. The zero-order chi connectivity index (χ0) is 23.8. The van der Waals surface area contributed by atoms with Gasteiger partial charge in [-0.1, -0.05) is 42.7 Å². The van der Waals surface area contributed by atoms with E-state index in [1.807, 2.05) is 31.2 Å². The first-order chi connectivity index (χ1) is 15.9. The predicted molar refractivity (Wildman–Crippen MR) is 127 cm³/mol. The van der Waals surface area contributed by atoms with Crippen molar-refractivity contribution in [2.45, 2.75) is 58.2 Å². The fourth-order valence-corrected chi connectivity index (χ4v) is 4.07. The standard InChI is InChI=1S/C26H34N2O5/c1-18-8-7-9-20(12-18)16-28(19(2)26(30)27-21-10-5-6-11-21)25(29)17-33-24-14-22(31-3)13-23(15-24)32-4/h7-9,12-15,19,21H,5-6,10-11,16-17H2,1-4H3,(H,27,30)/t19-/m0/s1. The van der Waals surface area contributed by atoms with Gasteiger partial charge in [0.05, 0.1) is 14.2 Å². The Morgan fingerprint density at radius 3 is 2.27 bits per heavy atom. The van der Waals surface area contributed by atoms with Crippen LogP contribution in [0.4, 0.5) is 0 Å². The number of nitrogens with zero attached hydrogens (tertiary/aromatic N) is 1. The lowest BCUT2D eigenvalue weighted by Gasteiger charge is -2.29. The molecule has 0 radical (unpaired) electrons. The summed E-state index contributed by atoms with van der Waals surface area (Å²) in [6.07, 6.45) is 4.24. The highest BCUT2D eigenvalue weighted by atomic mass is 16.5. The monoisotopic (exact) mass is 454 g/mol. The van der Waals surface area contributed by atoms with Gasteiger partial charge in [0, 0.05) is 30.8 Å². The summed E-state index contributed by atoms with van der Waals surface area (Å²) in [5, 5.41) is 3.11. The molecule has 2 amide bonds. The summed E-state index contributed by atoms with van der Waals surface area (Å²) in [6, 6.07) is 12.6. The largest absolute Gasteiger partial charge is 0.496 e. The highest BCUT2D eigenvalue weighted by Crippen LogP contribution is 2.27. The third-order valence-electron chi connectivity index (χ3n) is 5.99. The van der Waals surface area contributed by atoms with Crippen LogP contribution in [0.3, 0.4) is 0 Å². The Morgan fingerprint density at radius 2 is 1.67 bits per heavy atom. The second-order valence-corrected chi connectivity index (χ2v) is 8.51. The van der Waals surface area contributed by atoms with Gasteiger partial charge < -0.3 is 24.4 Å². The smallest absolute Gasteiger partial charge is 0.261 e. The van der Waals surface area contributed by atoms with Crippen LogP contribution in [-0.2, 0) is 16.1 Å². The fourth-order valence-electron chi connectivity index (χ4n) is 4.07. The molecule has 7 heteroatoms. The molecule has 0 unspecified atom stereocenters. The number of aryl methyl sites for hydroxylation is 1. The van der Waals surface area contributed by atoms with Crippen molar-refractivity contribution < 1.29 is 23.8 Å². The van der Waals surface area contributed by atoms with Gasteiger partial charge >= 0.3 is 0 Å². The molecule has 1 atom stereocenters. The molecule has 0 spiro atoms. The van der Waals surface area contributed by atoms with Crippen LogP contribution < -0.4 is 19.5 Å². The third-order valence-corrected chi connectivity index (χ3v) is 5.99. The van der Waals surface area contributed by atoms with Gasteiger partial charge in [0.1, 0.15) is 23.3 Å². The number of rotatable bonds is 10. The van der Waals surface area contributed by atoms with Crippen molar-refractivity contribution in [3.05, 3.63) is 53.6 Å². The molecule has 1 N–H and O–H groups in total. The van der Waals surface area contributed by atoms with Crippen molar-refractivity contribution in [2.75, 3.05) is 20.8 Å². The molecule has 2 aromatic rings. The number of hydrogen-bond donors (Lipinski definition) is 1. The van der Waals surface area contributed by atoms with Crippen LogP contribution in [0.15, 0.2) is 42.5 Å². The van der Waals surface area contributed by atoms with Crippen molar-refractivity contribution in [1.29, 1.82) is 0 Å². The van der Waals surface area contributed by atoms with Crippen LogP contribution in [0, 0.1) is 6.92 Å². The lowest BCUT2D eigenvalue weighted by molar-refractivity contribution is -0.142. The molecule has 1 aliphatic carbocycles. The topological polar surface area (TPSA) is 77.1 Å². The molecule has 2 aromatic carbocycles. The highest BCUT2D eigenvalue weighted by molar-refractivity contribution is 5.88. The zero-order valence-corrected chi connectivity index (χ0v) is 19.9. The van der Waals surface area contributed by atoms with Crippen molar-refractivity contribution in [3.8, 4) is 17.2 Å². The molecule has 178 valence electrons. The van der Waals surface area contributed by atoms with E-state index in [1.54, 1.807) is 44.2 Å². The van der Waals surface area contributed by atoms with Gasteiger partial charge in [-0.2, -0.15) is 0 Å². The summed E-state index contributed by atoms with van der Waals surface area (Å²) in [4.78, 5) is 27.8. The molecule has 7 nitrogen and oxygen atoms in total. The molecule has 0 bridgehead atoms. The molecule has 0 aliphatic heterocycles. The molecule has 1 aliphatic rings. The average Bonchev–Trinajstić information content (AvgIpc) is 3.33. The maximum Gasteiger partial charge on any atom is 0.261 e. The lowest BCUT2D eigenvalue weighted by atomic mass is 10.1. The van der Waals surface area contributed by atoms with E-state index in [9.17, 15) is 9.59 Å². The minimum atomic E-state index is -0.623. The number of carbonyl (C=O) groups is 2. The van der Waals surface area contributed by atoms with Crippen molar-refractivity contribution in [2.24, 2.45) is 0 Å². The third kappa shape index (κ3) is 6.88. The van der Waals surface area contributed by atoms with Crippen LogP contribution in [0.1, 0.15) is 43.7 Å². The number of ether oxygens (including phenoxy) is 3. The molecule has 1 fully saturated rings. The number of methoxy groups -OCH3 is 2. The summed E-state index contributed by atoms with van der Waals surface area (Å²) >= 11 is 0. The van der Waals surface area contributed by atoms with E-state index in [-0.39, 0.29) is 24.5 Å². The number of hydrogen-bond acceptors (Lipinski definition) is 5. The van der Waals surface area contributed by atoms with Crippen LogP contribution in [0.25, 0.3) is 0 Å². The van der Waals surface area contributed by atoms with Crippen molar-refractivity contribution in [1.82, 2.24) is 10.2 Å². The first-order valence-corrected chi connectivity index (χ1v) is 11.4. The second kappa shape index (κ2) is 11.6. The number of amides is 2. The summed E-state index contributed by atoms with van der Waals surface area (Å²) in [7, 11) is 3.11. The Labute approximate surface area is 196 Å². The number of carbonyl (C=O) groups excluding carboxylic acids is 2. The predicted octanol–water partition coefficient (Wildman–Crippen LogP) is 3.87. The van der Waals surface area contributed by atoms with E-state index >= 15 is 0 Å². The average molecular weight is 455 g/mol. The Morgan fingerprint density at radius 1 is 1.03 bits per heavy atom. The van der Waals surface area contributed by atoms with Crippen LogP contribution in [0.2, 0.25) is 0 Å². The molecule has 1 saturated carbocycles. The number of benzene rings is 2. The molecular formula is C26H34N2O5. The van der Waals surface area contributed by atoms with Gasteiger partial charge in [0.2, 0.25) is 5.91 Å². The highest BCUT2D eigenvalue weighted by Gasteiger charge is 2.28. The zero-order valence-electron chi connectivity index (χ0n) is 19.9. The molecule has 3 rings (SSSR count). The second-order valence-electron chi connectivity index (χ2n) is 8.51. The van der Waals surface area contributed by atoms with Crippen molar-refractivity contribution in [3.63, 3.8) is 0 Å². The van der Waals surface area contributed by atoms with Gasteiger partial charge in [-0.25, -0.2) is 0 Å². The van der Waals surface area contributed by atoms with Gasteiger partial charge in [0.25, 0.3) is 5.91 Å². The van der Waals surface area contributed by atoms with E-state index in [2.05, 4.69) is 5.32 Å². The van der Waals surface area contributed by atoms with Crippen LogP contribution in [0.5, 0.6) is 17.2 Å². The van der Waals surface area contributed by atoms with E-state index in [0.717, 1.165) is 36.8 Å². The molecule has 0 heterocycles. The first-order valence-electron chi connectivity index (χ1n) is 11.4. The lowest BCUT2D eigenvalue weighted by Crippen LogP contribution is -2.50. The first kappa shape index (κ1) is 24.4. The maximum absolute atomic E-state index is 13.3. The Bertz CT molecular complexity index is 933. The minimum Gasteiger partial charge on any atom is -0.496 e.